The van der Waals surface area contributed by atoms with Gasteiger partial charge in [-0.1, -0.05) is 11.6 Å². The van der Waals surface area contributed by atoms with E-state index in [1.807, 2.05) is 6.92 Å². The van der Waals surface area contributed by atoms with Gasteiger partial charge in [-0.3, -0.25) is 0 Å². The molecule has 0 fully saturated rings. The van der Waals surface area contributed by atoms with Gasteiger partial charge < -0.3 is 10.3 Å². The number of aryl methyl sites for hydroxylation is 1. The van der Waals surface area contributed by atoms with Crippen molar-refractivity contribution in [3.63, 3.8) is 0 Å². The van der Waals surface area contributed by atoms with Gasteiger partial charge in [0.15, 0.2) is 0 Å². The molecule has 0 aliphatic carbocycles. The molecule has 2 rings (SSSR count). The molecule has 5 heteroatoms. The molecule has 0 saturated carbocycles. The number of anilines is 1. The molecule has 0 spiro atoms. The third-order valence-corrected chi connectivity index (χ3v) is 2.62. The number of imidazole rings is 1. The highest BCUT2D eigenvalue weighted by atomic mass is 35.5. The van der Waals surface area contributed by atoms with E-state index in [1.165, 1.54) is 12.1 Å². The second-order valence-corrected chi connectivity index (χ2v) is 3.86. The van der Waals surface area contributed by atoms with Gasteiger partial charge in [0.25, 0.3) is 0 Å². The van der Waals surface area contributed by atoms with Gasteiger partial charge in [-0.25, -0.2) is 9.37 Å². The molecule has 0 saturated heterocycles. The summed E-state index contributed by atoms with van der Waals surface area (Å²) in [7, 11) is 0. The van der Waals surface area contributed by atoms with E-state index in [9.17, 15) is 4.39 Å². The average Bonchev–Trinajstić information content (AvgIpc) is 2.66. The minimum atomic E-state index is -0.426. The van der Waals surface area contributed by atoms with Crippen LogP contribution in [0.5, 0.6) is 0 Å². The van der Waals surface area contributed by atoms with E-state index in [0.29, 0.717) is 12.2 Å². The van der Waals surface area contributed by atoms with Gasteiger partial charge in [-0.2, -0.15) is 0 Å². The topological polar surface area (TPSA) is 40.7 Å². The van der Waals surface area contributed by atoms with E-state index in [-0.39, 0.29) is 5.02 Å². The van der Waals surface area contributed by atoms with Crippen LogP contribution in [0.25, 0.3) is 0 Å². The smallest absolute Gasteiger partial charge is 0.143 e. The Morgan fingerprint density at radius 1 is 1.50 bits per heavy atom. The van der Waals surface area contributed by atoms with Crippen molar-refractivity contribution >= 4 is 17.3 Å². The molecule has 2 N–H and O–H groups in total. The predicted molar refractivity (Wildman–Crippen MR) is 62.1 cm³/mol. The first-order chi connectivity index (χ1) is 7.66. The maximum Gasteiger partial charge on any atom is 0.143 e. The summed E-state index contributed by atoms with van der Waals surface area (Å²) in [5, 5.41) is 3.20. The highest BCUT2D eigenvalue weighted by molar-refractivity contribution is 6.30. The number of halogens is 2. The van der Waals surface area contributed by atoms with Crippen molar-refractivity contribution in [3.05, 3.63) is 46.8 Å². The number of H-pyrrole nitrogens is 1. The van der Waals surface area contributed by atoms with Crippen LogP contribution in [-0.4, -0.2) is 9.97 Å². The minimum absolute atomic E-state index is 0.126. The lowest BCUT2D eigenvalue weighted by molar-refractivity contribution is 0.628. The van der Waals surface area contributed by atoms with Crippen LogP contribution < -0.4 is 5.32 Å². The van der Waals surface area contributed by atoms with Crippen LogP contribution >= 0.6 is 11.6 Å². The van der Waals surface area contributed by atoms with Crippen LogP contribution in [0.4, 0.5) is 10.1 Å². The van der Waals surface area contributed by atoms with E-state index in [2.05, 4.69) is 15.3 Å². The Labute approximate surface area is 97.7 Å². The van der Waals surface area contributed by atoms with Crippen LogP contribution in [-0.2, 0) is 6.54 Å². The third kappa shape index (κ3) is 2.33. The number of aromatic amines is 1. The van der Waals surface area contributed by atoms with E-state index in [0.717, 1.165) is 11.4 Å². The molecule has 2 aromatic rings. The number of nitrogens with zero attached hydrogens (tertiary/aromatic N) is 1. The summed E-state index contributed by atoms with van der Waals surface area (Å²) < 4.78 is 13.1. The molecule has 16 heavy (non-hydrogen) atoms. The molecule has 0 bridgehead atoms. The number of hydrogen-bond acceptors (Lipinski definition) is 2. The van der Waals surface area contributed by atoms with E-state index in [1.54, 1.807) is 12.4 Å². The number of rotatable bonds is 3. The van der Waals surface area contributed by atoms with Crippen LogP contribution in [0.3, 0.4) is 0 Å². The molecule has 1 heterocycles. The van der Waals surface area contributed by atoms with Crippen LogP contribution in [0.15, 0.2) is 24.5 Å². The largest absolute Gasteiger partial charge is 0.379 e. The van der Waals surface area contributed by atoms with Crippen molar-refractivity contribution in [2.75, 3.05) is 5.32 Å². The molecular formula is C11H11ClFN3. The fraction of sp³-hybridized carbons (Fsp3) is 0.182. The second kappa shape index (κ2) is 4.53. The third-order valence-electron chi connectivity index (χ3n) is 2.31. The molecule has 0 aliphatic heterocycles. The first kappa shape index (κ1) is 11.0. The summed E-state index contributed by atoms with van der Waals surface area (Å²) in [6.45, 7) is 2.49. The van der Waals surface area contributed by atoms with Crippen LogP contribution in [0.1, 0.15) is 11.4 Å². The average molecular weight is 240 g/mol. The highest BCUT2D eigenvalue weighted by Gasteiger charge is 2.03. The Hall–Kier alpha value is -1.55. The summed E-state index contributed by atoms with van der Waals surface area (Å²) in [5.74, 6) is -0.426. The predicted octanol–water partition coefficient (Wildman–Crippen LogP) is 3.12. The zero-order valence-electron chi connectivity index (χ0n) is 8.72. The van der Waals surface area contributed by atoms with Crippen molar-refractivity contribution < 1.29 is 4.39 Å². The van der Waals surface area contributed by atoms with Gasteiger partial charge in [0.1, 0.15) is 5.82 Å². The van der Waals surface area contributed by atoms with Crippen molar-refractivity contribution in [3.8, 4) is 0 Å². The molecule has 0 aliphatic rings. The van der Waals surface area contributed by atoms with Crippen LogP contribution in [0, 0.1) is 12.7 Å². The van der Waals surface area contributed by atoms with Gasteiger partial charge in [0.05, 0.1) is 23.6 Å². The molecule has 84 valence electrons. The molecule has 1 aromatic carbocycles. The number of aromatic nitrogens is 2. The van der Waals surface area contributed by atoms with Crippen molar-refractivity contribution in [1.29, 1.82) is 0 Å². The normalized spacial score (nSPS) is 10.4. The molecule has 0 radical (unpaired) electrons. The fourth-order valence-corrected chi connectivity index (χ4v) is 1.47. The lowest BCUT2D eigenvalue weighted by atomic mass is 10.3. The Kier molecular flexibility index (Phi) is 3.10. The molecule has 0 unspecified atom stereocenters. The van der Waals surface area contributed by atoms with Crippen LogP contribution in [0.2, 0.25) is 5.02 Å². The maximum absolute atomic E-state index is 13.1. The first-order valence-corrected chi connectivity index (χ1v) is 5.22. The Morgan fingerprint density at radius 2 is 2.31 bits per heavy atom. The molecule has 0 atom stereocenters. The van der Waals surface area contributed by atoms with Gasteiger partial charge in [-0.15, -0.1) is 0 Å². The van der Waals surface area contributed by atoms with E-state index >= 15 is 0 Å². The van der Waals surface area contributed by atoms with Crippen molar-refractivity contribution in [1.82, 2.24) is 9.97 Å². The summed E-state index contributed by atoms with van der Waals surface area (Å²) in [4.78, 5) is 7.11. The fourth-order valence-electron chi connectivity index (χ4n) is 1.36. The van der Waals surface area contributed by atoms with Crippen molar-refractivity contribution in [2.45, 2.75) is 13.5 Å². The Morgan fingerprint density at radius 3 is 2.94 bits per heavy atom. The van der Waals surface area contributed by atoms with E-state index < -0.39 is 5.82 Å². The number of nitrogens with one attached hydrogen (secondary N) is 2. The summed E-state index contributed by atoms with van der Waals surface area (Å²) in [6.07, 6.45) is 1.63. The second-order valence-electron chi connectivity index (χ2n) is 3.46. The minimum Gasteiger partial charge on any atom is -0.379 e. The summed E-state index contributed by atoms with van der Waals surface area (Å²) >= 11 is 5.59. The highest BCUT2D eigenvalue weighted by Crippen LogP contribution is 2.19. The van der Waals surface area contributed by atoms with E-state index in [4.69, 9.17) is 11.6 Å². The SMILES string of the molecule is Cc1[nH]cnc1CNc1ccc(Cl)c(F)c1. The molecule has 0 amide bonds. The van der Waals surface area contributed by atoms with Gasteiger partial charge in [0, 0.05) is 11.4 Å². The summed E-state index contributed by atoms with van der Waals surface area (Å²) in [6, 6.07) is 4.62. The zero-order chi connectivity index (χ0) is 11.5. The molecule has 1 aromatic heterocycles. The summed E-state index contributed by atoms with van der Waals surface area (Å²) in [5.41, 5.74) is 2.60. The zero-order valence-corrected chi connectivity index (χ0v) is 9.48. The first-order valence-electron chi connectivity index (χ1n) is 4.84. The van der Waals surface area contributed by atoms with Gasteiger partial charge in [-0.05, 0) is 25.1 Å². The monoisotopic (exact) mass is 239 g/mol. The van der Waals surface area contributed by atoms with Gasteiger partial charge >= 0.3 is 0 Å². The number of hydrogen-bond donors (Lipinski definition) is 2. The number of benzene rings is 1. The lowest BCUT2D eigenvalue weighted by Crippen LogP contribution is -2.01. The Bertz CT molecular complexity index is 496. The lowest BCUT2D eigenvalue weighted by Gasteiger charge is -2.05. The molecular weight excluding hydrogens is 229 g/mol. The quantitative estimate of drug-likeness (QED) is 0.864. The Balaban J connectivity index is 2.05. The van der Waals surface area contributed by atoms with Gasteiger partial charge in [0.2, 0.25) is 0 Å². The maximum atomic E-state index is 13.1. The van der Waals surface area contributed by atoms with Crippen molar-refractivity contribution in [2.24, 2.45) is 0 Å². The molecule has 3 nitrogen and oxygen atoms in total. The standard InChI is InChI=1S/C11H11ClFN3/c1-7-11(16-6-15-7)5-14-8-2-3-9(12)10(13)4-8/h2-4,6,14H,5H2,1H3,(H,15,16).